The summed E-state index contributed by atoms with van der Waals surface area (Å²) in [5.74, 6) is 0. The number of fused-ring (bicyclic) bond motifs is 1. The van der Waals surface area contributed by atoms with Crippen LogP contribution in [0.25, 0.3) is 10.9 Å². The molecule has 4 rings (SSSR count). The first-order valence-electron chi connectivity index (χ1n) is 9.89. The van der Waals surface area contributed by atoms with E-state index in [4.69, 9.17) is 5.14 Å². The lowest BCUT2D eigenvalue weighted by atomic mass is 10.1. The number of aryl methyl sites for hydroxylation is 1. The minimum Gasteiger partial charge on any atom is -0.358 e. The second kappa shape index (κ2) is 9.30. The van der Waals surface area contributed by atoms with Gasteiger partial charge in [0.25, 0.3) is 0 Å². The van der Waals surface area contributed by atoms with Crippen molar-refractivity contribution in [2.24, 2.45) is 5.14 Å². The largest absolute Gasteiger partial charge is 0.358 e. The fraction of sp³-hybridized carbons (Fsp3) is 0.217. The van der Waals surface area contributed by atoms with Crippen molar-refractivity contribution in [3.63, 3.8) is 0 Å². The summed E-state index contributed by atoms with van der Waals surface area (Å²) in [6.07, 6.45) is 4.51. The minimum atomic E-state index is -1.49. The van der Waals surface area contributed by atoms with Gasteiger partial charge in [-0.2, -0.15) is 0 Å². The summed E-state index contributed by atoms with van der Waals surface area (Å²) in [6.45, 7) is 4.42. The molecule has 30 heavy (non-hydrogen) atoms. The lowest BCUT2D eigenvalue weighted by molar-refractivity contribution is 0.254. The third-order valence-electron chi connectivity index (χ3n) is 5.22. The number of aromatic amines is 1. The minimum absolute atomic E-state index is 0.640. The number of rotatable bonds is 8. The summed E-state index contributed by atoms with van der Waals surface area (Å²) in [4.78, 5) is 15.4. The van der Waals surface area contributed by atoms with E-state index in [-0.39, 0.29) is 0 Å². The van der Waals surface area contributed by atoms with Gasteiger partial charge in [0.05, 0.1) is 16.3 Å². The smallest absolute Gasteiger partial charge is 0.122 e. The average Bonchev–Trinajstić information content (AvgIpc) is 3.07. The zero-order valence-corrected chi connectivity index (χ0v) is 17.7. The molecule has 0 aliphatic carbocycles. The SMILES string of the molecule is Cc1[nH]c2ccc(S(N)=O)cc2c1CCN(Cc1ccccn1)Cc1ccccn1. The number of hydrogen-bond acceptors (Lipinski definition) is 4. The molecule has 1 aromatic carbocycles. The molecule has 1 atom stereocenters. The lowest BCUT2D eigenvalue weighted by Gasteiger charge is -2.22. The van der Waals surface area contributed by atoms with Gasteiger partial charge in [0.15, 0.2) is 0 Å². The van der Waals surface area contributed by atoms with Crippen LogP contribution in [0.15, 0.2) is 71.9 Å². The van der Waals surface area contributed by atoms with Crippen LogP contribution in [-0.2, 0) is 30.5 Å². The third kappa shape index (κ3) is 4.81. The molecule has 0 aliphatic rings. The molecular formula is C23H25N5OS. The van der Waals surface area contributed by atoms with Crippen LogP contribution in [0.5, 0.6) is 0 Å². The van der Waals surface area contributed by atoms with Gasteiger partial charge in [-0.15, -0.1) is 0 Å². The summed E-state index contributed by atoms with van der Waals surface area (Å²) in [5.41, 5.74) is 5.46. The van der Waals surface area contributed by atoms with Gasteiger partial charge >= 0.3 is 0 Å². The molecule has 6 nitrogen and oxygen atoms in total. The Kier molecular flexibility index (Phi) is 6.32. The van der Waals surface area contributed by atoms with Crippen LogP contribution in [0.4, 0.5) is 0 Å². The Morgan fingerprint density at radius 1 is 1.00 bits per heavy atom. The maximum Gasteiger partial charge on any atom is 0.122 e. The molecule has 154 valence electrons. The van der Waals surface area contributed by atoms with E-state index in [1.165, 1.54) is 5.56 Å². The highest BCUT2D eigenvalue weighted by atomic mass is 32.2. The van der Waals surface area contributed by atoms with Crippen LogP contribution in [0.1, 0.15) is 22.6 Å². The van der Waals surface area contributed by atoms with E-state index in [0.29, 0.717) is 4.90 Å². The van der Waals surface area contributed by atoms with Gasteiger partial charge in [-0.1, -0.05) is 12.1 Å². The quantitative estimate of drug-likeness (QED) is 0.458. The lowest BCUT2D eigenvalue weighted by Crippen LogP contribution is -2.26. The van der Waals surface area contributed by atoms with Crippen molar-refractivity contribution in [1.82, 2.24) is 19.9 Å². The second-order valence-electron chi connectivity index (χ2n) is 7.34. The van der Waals surface area contributed by atoms with E-state index in [1.54, 1.807) is 0 Å². The molecule has 0 radical (unpaired) electrons. The molecule has 0 amide bonds. The average molecular weight is 420 g/mol. The molecule has 0 saturated heterocycles. The van der Waals surface area contributed by atoms with Crippen LogP contribution >= 0.6 is 0 Å². The van der Waals surface area contributed by atoms with Crippen molar-refractivity contribution in [2.75, 3.05) is 6.54 Å². The van der Waals surface area contributed by atoms with Gasteiger partial charge in [-0.25, -0.2) is 9.35 Å². The zero-order chi connectivity index (χ0) is 20.9. The van der Waals surface area contributed by atoms with Crippen LogP contribution in [-0.4, -0.2) is 30.6 Å². The number of nitrogens with zero attached hydrogens (tertiary/aromatic N) is 3. The van der Waals surface area contributed by atoms with Crippen molar-refractivity contribution in [2.45, 2.75) is 31.3 Å². The maximum atomic E-state index is 11.7. The summed E-state index contributed by atoms with van der Waals surface area (Å²) >= 11 is 0. The molecule has 1 unspecified atom stereocenters. The van der Waals surface area contributed by atoms with Crippen molar-refractivity contribution >= 4 is 21.9 Å². The van der Waals surface area contributed by atoms with Gasteiger partial charge in [0, 0.05) is 48.6 Å². The Labute approximate surface area is 178 Å². The number of nitrogens with two attached hydrogens (primary N) is 1. The molecule has 0 aliphatic heterocycles. The van der Waals surface area contributed by atoms with Gasteiger partial charge in [-0.05, 0) is 61.4 Å². The number of hydrogen-bond donors (Lipinski definition) is 2. The molecule has 7 heteroatoms. The fourth-order valence-corrected chi connectivity index (χ4v) is 4.17. The van der Waals surface area contributed by atoms with E-state index in [2.05, 4.69) is 26.8 Å². The van der Waals surface area contributed by atoms with Crippen LogP contribution < -0.4 is 5.14 Å². The van der Waals surface area contributed by atoms with Crippen LogP contribution in [0.3, 0.4) is 0 Å². The number of pyridine rings is 2. The predicted molar refractivity (Wildman–Crippen MR) is 120 cm³/mol. The molecule has 3 heterocycles. The van der Waals surface area contributed by atoms with E-state index < -0.39 is 11.0 Å². The van der Waals surface area contributed by atoms with Gasteiger partial charge < -0.3 is 4.98 Å². The summed E-state index contributed by atoms with van der Waals surface area (Å²) in [6, 6.07) is 17.7. The molecule has 3 N–H and O–H groups in total. The monoisotopic (exact) mass is 419 g/mol. The second-order valence-corrected chi connectivity index (χ2v) is 8.40. The van der Waals surface area contributed by atoms with Gasteiger partial charge in [-0.3, -0.25) is 14.9 Å². The fourth-order valence-electron chi connectivity index (χ4n) is 3.73. The highest BCUT2D eigenvalue weighted by Gasteiger charge is 2.14. The number of H-pyrrole nitrogens is 1. The summed E-state index contributed by atoms with van der Waals surface area (Å²) in [7, 11) is -1.49. The number of aromatic nitrogens is 3. The highest BCUT2D eigenvalue weighted by molar-refractivity contribution is 7.82. The Balaban J connectivity index is 1.57. The van der Waals surface area contributed by atoms with E-state index in [9.17, 15) is 4.21 Å². The van der Waals surface area contributed by atoms with E-state index in [1.807, 2.05) is 67.0 Å². The summed E-state index contributed by atoms with van der Waals surface area (Å²) < 4.78 is 11.7. The van der Waals surface area contributed by atoms with Crippen molar-refractivity contribution in [3.8, 4) is 0 Å². The Morgan fingerprint density at radius 3 is 2.23 bits per heavy atom. The summed E-state index contributed by atoms with van der Waals surface area (Å²) in [5, 5.41) is 6.68. The van der Waals surface area contributed by atoms with Crippen molar-refractivity contribution in [3.05, 3.63) is 89.6 Å². The first kappa shape index (κ1) is 20.4. The Bertz CT molecular complexity index is 1100. The maximum absolute atomic E-state index is 11.7. The topological polar surface area (TPSA) is 87.9 Å². The molecule has 0 fully saturated rings. The molecule has 0 saturated carbocycles. The first-order valence-corrected chi connectivity index (χ1v) is 11.1. The van der Waals surface area contributed by atoms with Crippen LogP contribution in [0.2, 0.25) is 0 Å². The predicted octanol–water partition coefficient (Wildman–Crippen LogP) is 3.49. The highest BCUT2D eigenvalue weighted by Crippen LogP contribution is 2.25. The zero-order valence-electron chi connectivity index (χ0n) is 16.9. The van der Waals surface area contributed by atoms with E-state index >= 15 is 0 Å². The third-order valence-corrected chi connectivity index (χ3v) is 5.94. The number of benzene rings is 1. The Morgan fingerprint density at radius 2 is 1.67 bits per heavy atom. The number of nitrogens with one attached hydrogen (secondary N) is 1. The Hall–Kier alpha value is -2.87. The molecule has 3 aromatic heterocycles. The molecule has 0 bridgehead atoms. The first-order chi connectivity index (χ1) is 14.6. The standard InChI is InChI=1S/C23H25N5OS/c1-17-21(22-14-20(30(24)29)8-9-23(22)27-17)10-13-28(15-18-6-2-4-11-25-18)16-19-7-3-5-12-26-19/h2-9,11-12,14,27H,10,13,15-16,24H2,1H3. The molecule has 0 spiro atoms. The van der Waals surface area contributed by atoms with Gasteiger partial charge in [0.2, 0.25) is 0 Å². The van der Waals surface area contributed by atoms with Crippen molar-refractivity contribution < 1.29 is 4.21 Å². The normalized spacial score (nSPS) is 12.5. The van der Waals surface area contributed by atoms with Crippen molar-refractivity contribution in [1.29, 1.82) is 0 Å². The molecule has 4 aromatic rings. The van der Waals surface area contributed by atoms with E-state index in [0.717, 1.165) is 54.0 Å². The van der Waals surface area contributed by atoms with Crippen LogP contribution in [0, 0.1) is 6.92 Å². The van der Waals surface area contributed by atoms with Gasteiger partial charge in [0.1, 0.15) is 11.0 Å². The molecular weight excluding hydrogens is 394 g/mol.